The first-order valence-electron chi connectivity index (χ1n) is 9.56. The number of halogens is 1. The van der Waals surface area contributed by atoms with Crippen molar-refractivity contribution in [3.8, 4) is 0 Å². The maximum atomic E-state index is 13.1. The Morgan fingerprint density at radius 3 is 2.74 bits per heavy atom. The fraction of sp³-hybridized carbons (Fsp3) is 0.364. The van der Waals surface area contributed by atoms with Crippen molar-refractivity contribution in [2.45, 2.75) is 31.7 Å². The lowest BCUT2D eigenvalue weighted by Crippen LogP contribution is -2.34. The molecule has 3 heterocycles. The first kappa shape index (κ1) is 17.9. The van der Waals surface area contributed by atoms with Crippen molar-refractivity contribution in [1.29, 1.82) is 0 Å². The summed E-state index contributed by atoms with van der Waals surface area (Å²) in [6.07, 6.45) is 7.14. The highest BCUT2D eigenvalue weighted by Crippen LogP contribution is 2.27. The van der Waals surface area contributed by atoms with Crippen molar-refractivity contribution in [3.05, 3.63) is 83.2 Å². The van der Waals surface area contributed by atoms with Crippen LogP contribution in [0.5, 0.6) is 0 Å². The molecule has 1 saturated heterocycles. The Balaban J connectivity index is 1.43. The van der Waals surface area contributed by atoms with E-state index in [1.54, 1.807) is 0 Å². The van der Waals surface area contributed by atoms with Gasteiger partial charge in [-0.3, -0.25) is 14.6 Å². The van der Waals surface area contributed by atoms with Gasteiger partial charge in [0.2, 0.25) is 0 Å². The molecule has 0 saturated carbocycles. The van der Waals surface area contributed by atoms with Gasteiger partial charge < -0.3 is 0 Å². The number of nitrogens with zero attached hydrogens (tertiary/aromatic N) is 4. The van der Waals surface area contributed by atoms with Crippen LogP contribution in [0.4, 0.5) is 4.39 Å². The summed E-state index contributed by atoms with van der Waals surface area (Å²) in [5.74, 6) is 0.264. The summed E-state index contributed by atoms with van der Waals surface area (Å²) in [6.45, 7) is 3.10. The highest BCUT2D eigenvalue weighted by atomic mass is 19.1. The van der Waals surface area contributed by atoms with Crippen LogP contribution in [0.15, 0.2) is 54.9 Å². The molecular weight excluding hydrogens is 339 g/mol. The van der Waals surface area contributed by atoms with E-state index < -0.39 is 0 Å². The van der Waals surface area contributed by atoms with E-state index in [9.17, 15) is 4.39 Å². The van der Waals surface area contributed by atoms with E-state index in [4.69, 9.17) is 4.98 Å². The maximum absolute atomic E-state index is 13.1. The van der Waals surface area contributed by atoms with Crippen LogP contribution >= 0.6 is 0 Å². The van der Waals surface area contributed by atoms with Crippen LogP contribution in [-0.2, 0) is 20.0 Å². The van der Waals surface area contributed by atoms with Gasteiger partial charge in [0, 0.05) is 55.6 Å². The summed E-state index contributed by atoms with van der Waals surface area (Å²) >= 11 is 0. The summed E-state index contributed by atoms with van der Waals surface area (Å²) in [7, 11) is 1.96. The second-order valence-corrected chi connectivity index (χ2v) is 7.45. The zero-order chi connectivity index (χ0) is 18.6. The van der Waals surface area contributed by atoms with Crippen molar-refractivity contribution < 1.29 is 4.39 Å². The molecule has 4 nitrogen and oxygen atoms in total. The predicted molar refractivity (Wildman–Crippen MR) is 104 cm³/mol. The van der Waals surface area contributed by atoms with Gasteiger partial charge in [0.1, 0.15) is 5.82 Å². The van der Waals surface area contributed by atoms with E-state index in [1.165, 1.54) is 36.2 Å². The van der Waals surface area contributed by atoms with Gasteiger partial charge in [-0.2, -0.15) is 5.10 Å². The lowest BCUT2D eigenvalue weighted by atomic mass is 9.93. The van der Waals surface area contributed by atoms with Gasteiger partial charge in [-0.1, -0.05) is 18.2 Å². The third kappa shape index (κ3) is 4.61. The molecule has 140 valence electrons. The molecule has 0 spiro atoms. The first-order valence-corrected chi connectivity index (χ1v) is 9.56. The number of hydrogen-bond acceptors (Lipinski definition) is 3. The summed E-state index contributed by atoms with van der Waals surface area (Å²) in [4.78, 5) is 7.42. The SMILES string of the molecule is Cn1cc(CN2CCCC(c3cccc(Cc4ccc(F)cc4)n3)C2)cn1. The smallest absolute Gasteiger partial charge is 0.123 e. The summed E-state index contributed by atoms with van der Waals surface area (Å²) < 4.78 is 15.0. The average molecular weight is 364 g/mol. The molecular formula is C22H25FN4. The van der Waals surface area contributed by atoms with E-state index >= 15 is 0 Å². The molecule has 1 aromatic carbocycles. The molecule has 0 radical (unpaired) electrons. The topological polar surface area (TPSA) is 34.0 Å². The van der Waals surface area contributed by atoms with E-state index in [-0.39, 0.29) is 5.82 Å². The first-order chi connectivity index (χ1) is 13.2. The van der Waals surface area contributed by atoms with E-state index in [1.807, 2.05) is 30.1 Å². The second kappa shape index (κ2) is 8.01. The largest absolute Gasteiger partial charge is 0.298 e. The third-order valence-corrected chi connectivity index (χ3v) is 5.22. The molecule has 1 aliphatic rings. The average Bonchev–Trinajstić information content (AvgIpc) is 3.09. The fourth-order valence-electron chi connectivity index (χ4n) is 3.89. The highest BCUT2D eigenvalue weighted by molar-refractivity contribution is 5.24. The fourth-order valence-corrected chi connectivity index (χ4v) is 3.89. The monoisotopic (exact) mass is 364 g/mol. The predicted octanol–water partition coefficient (Wildman–Crippen LogP) is 3.92. The number of aryl methyl sites for hydroxylation is 1. The van der Waals surface area contributed by atoms with E-state index in [0.29, 0.717) is 5.92 Å². The van der Waals surface area contributed by atoms with Crippen LogP contribution < -0.4 is 0 Å². The Hall–Kier alpha value is -2.53. The minimum Gasteiger partial charge on any atom is -0.298 e. The van der Waals surface area contributed by atoms with Crippen LogP contribution in [0.3, 0.4) is 0 Å². The quantitative estimate of drug-likeness (QED) is 0.688. The summed E-state index contributed by atoms with van der Waals surface area (Å²) in [6, 6.07) is 13.0. The van der Waals surface area contributed by atoms with E-state index in [2.05, 4.69) is 34.4 Å². The number of likely N-dealkylation sites (tertiary alicyclic amines) is 1. The van der Waals surface area contributed by atoms with E-state index in [0.717, 1.165) is 37.3 Å². The van der Waals surface area contributed by atoms with Gasteiger partial charge >= 0.3 is 0 Å². The number of pyridine rings is 1. The minimum absolute atomic E-state index is 0.198. The van der Waals surface area contributed by atoms with Crippen LogP contribution in [-0.4, -0.2) is 32.8 Å². The van der Waals surface area contributed by atoms with Gasteiger partial charge in [-0.25, -0.2) is 4.39 Å². The Morgan fingerprint density at radius 2 is 1.96 bits per heavy atom. The van der Waals surface area contributed by atoms with Gasteiger partial charge in [-0.05, 0) is 49.2 Å². The molecule has 4 rings (SSSR count). The lowest BCUT2D eigenvalue weighted by Gasteiger charge is -2.32. The van der Waals surface area contributed by atoms with Crippen molar-refractivity contribution in [2.75, 3.05) is 13.1 Å². The number of hydrogen-bond donors (Lipinski definition) is 0. The molecule has 1 aliphatic heterocycles. The molecule has 1 fully saturated rings. The molecule has 2 aromatic heterocycles. The molecule has 0 bridgehead atoms. The Labute approximate surface area is 159 Å². The van der Waals surface area contributed by atoms with Crippen molar-refractivity contribution in [2.24, 2.45) is 7.05 Å². The minimum atomic E-state index is -0.198. The Kier molecular flexibility index (Phi) is 5.30. The number of benzene rings is 1. The molecule has 5 heteroatoms. The standard InChI is InChI=1S/C22H25FN4/c1-26-14-18(13-24-26)15-27-11-3-4-19(16-27)22-6-2-5-21(25-22)12-17-7-9-20(23)10-8-17/h2,5-10,13-14,19H,3-4,11-12,15-16H2,1H3. The molecule has 0 N–H and O–H groups in total. The molecule has 3 aromatic rings. The summed E-state index contributed by atoms with van der Waals surface area (Å²) in [5, 5.41) is 4.27. The maximum Gasteiger partial charge on any atom is 0.123 e. The molecule has 1 unspecified atom stereocenters. The number of piperidine rings is 1. The number of rotatable bonds is 5. The van der Waals surface area contributed by atoms with Crippen molar-refractivity contribution in [1.82, 2.24) is 19.7 Å². The molecule has 0 amide bonds. The second-order valence-electron chi connectivity index (χ2n) is 7.45. The van der Waals surface area contributed by atoms with Crippen LogP contribution in [0.2, 0.25) is 0 Å². The van der Waals surface area contributed by atoms with Crippen molar-refractivity contribution >= 4 is 0 Å². The number of aromatic nitrogens is 3. The normalized spacial score (nSPS) is 17.9. The molecule has 27 heavy (non-hydrogen) atoms. The zero-order valence-corrected chi connectivity index (χ0v) is 15.7. The lowest BCUT2D eigenvalue weighted by molar-refractivity contribution is 0.198. The Morgan fingerprint density at radius 1 is 1.11 bits per heavy atom. The van der Waals surface area contributed by atoms with Gasteiger partial charge in [0.15, 0.2) is 0 Å². The van der Waals surface area contributed by atoms with Crippen LogP contribution in [0.1, 0.15) is 41.3 Å². The Bertz CT molecular complexity index is 887. The van der Waals surface area contributed by atoms with Gasteiger partial charge in [0.25, 0.3) is 0 Å². The molecule has 0 aliphatic carbocycles. The van der Waals surface area contributed by atoms with Gasteiger partial charge in [0.05, 0.1) is 6.20 Å². The third-order valence-electron chi connectivity index (χ3n) is 5.22. The summed E-state index contributed by atoms with van der Waals surface area (Å²) in [5.41, 5.74) is 4.56. The highest BCUT2D eigenvalue weighted by Gasteiger charge is 2.22. The van der Waals surface area contributed by atoms with Crippen LogP contribution in [0.25, 0.3) is 0 Å². The van der Waals surface area contributed by atoms with Crippen LogP contribution in [0, 0.1) is 5.82 Å². The molecule has 1 atom stereocenters. The zero-order valence-electron chi connectivity index (χ0n) is 15.7. The van der Waals surface area contributed by atoms with Gasteiger partial charge in [-0.15, -0.1) is 0 Å². The van der Waals surface area contributed by atoms with Crippen molar-refractivity contribution in [3.63, 3.8) is 0 Å².